The maximum atomic E-state index is 13.4. The summed E-state index contributed by atoms with van der Waals surface area (Å²) in [5.41, 5.74) is 5.14. The zero-order valence-corrected chi connectivity index (χ0v) is 21.6. The molecule has 0 atom stereocenters. The van der Waals surface area contributed by atoms with Crippen molar-refractivity contribution in [1.82, 2.24) is 19.4 Å². The number of aromatic nitrogens is 2. The lowest BCUT2D eigenvalue weighted by Gasteiger charge is -2.37. The van der Waals surface area contributed by atoms with Gasteiger partial charge in [-0.3, -0.25) is 28.8 Å². The predicted molar refractivity (Wildman–Crippen MR) is 137 cm³/mol. The molecule has 1 aliphatic carbocycles. The topological polar surface area (TPSA) is 125 Å². The van der Waals surface area contributed by atoms with E-state index in [2.05, 4.69) is 4.98 Å². The second kappa shape index (κ2) is 12.4. The van der Waals surface area contributed by atoms with Crippen LogP contribution in [0, 0.1) is 11.8 Å². The van der Waals surface area contributed by atoms with Crippen LogP contribution in [0.4, 0.5) is 11.5 Å². The highest BCUT2D eigenvalue weighted by Gasteiger charge is 2.30. The fraction of sp³-hybridized carbons (Fsp3) is 0.760. The van der Waals surface area contributed by atoms with E-state index >= 15 is 0 Å². The van der Waals surface area contributed by atoms with Crippen molar-refractivity contribution >= 4 is 23.3 Å². The van der Waals surface area contributed by atoms with Crippen LogP contribution in [-0.2, 0) is 16.1 Å². The molecule has 10 heteroatoms. The highest BCUT2D eigenvalue weighted by molar-refractivity contribution is 5.96. The summed E-state index contributed by atoms with van der Waals surface area (Å²) in [5, 5.41) is 0. The number of unbranched alkanes of at least 4 members (excludes halogenated alkanes) is 1. The molecule has 1 aromatic heterocycles. The number of nitrogens with zero attached hydrogens (tertiary/aromatic N) is 4. The zero-order chi connectivity index (χ0) is 25.5. The van der Waals surface area contributed by atoms with E-state index in [0.29, 0.717) is 45.7 Å². The molecule has 0 aromatic carbocycles. The molecule has 3 rings (SSSR count). The summed E-state index contributed by atoms with van der Waals surface area (Å²) in [6, 6.07) is 0. The van der Waals surface area contributed by atoms with E-state index in [9.17, 15) is 19.2 Å². The zero-order valence-electron chi connectivity index (χ0n) is 21.6. The predicted octanol–water partition coefficient (Wildman–Crippen LogP) is 1.63. The fourth-order valence-corrected chi connectivity index (χ4v) is 5.07. The molecule has 2 fully saturated rings. The third-order valence-electron chi connectivity index (χ3n) is 7.07. The third kappa shape index (κ3) is 6.74. The maximum absolute atomic E-state index is 13.4. The molecule has 35 heavy (non-hydrogen) atoms. The van der Waals surface area contributed by atoms with E-state index in [1.54, 1.807) is 0 Å². The highest BCUT2D eigenvalue weighted by Crippen LogP contribution is 2.26. The number of amides is 2. The molecule has 1 saturated heterocycles. The molecule has 2 aliphatic rings. The smallest absolute Gasteiger partial charge is 0.330 e. The normalized spacial score (nSPS) is 17.7. The van der Waals surface area contributed by atoms with Gasteiger partial charge in [-0.1, -0.05) is 46.5 Å². The van der Waals surface area contributed by atoms with Crippen molar-refractivity contribution in [3.63, 3.8) is 0 Å². The Bertz CT molecular complexity index is 987. The van der Waals surface area contributed by atoms with Crippen LogP contribution in [0.15, 0.2) is 9.59 Å². The van der Waals surface area contributed by atoms with E-state index in [-0.39, 0.29) is 41.7 Å². The van der Waals surface area contributed by atoms with Crippen LogP contribution in [0.25, 0.3) is 0 Å². The number of H-pyrrole nitrogens is 1. The number of rotatable bonds is 9. The van der Waals surface area contributed by atoms with Gasteiger partial charge in [-0.05, 0) is 25.2 Å². The first kappa shape index (κ1) is 27.0. The lowest BCUT2D eigenvalue weighted by Crippen LogP contribution is -2.53. The Labute approximate surface area is 207 Å². The first-order valence-electron chi connectivity index (χ1n) is 13.2. The lowest BCUT2D eigenvalue weighted by molar-refractivity contribution is -0.138. The van der Waals surface area contributed by atoms with Crippen LogP contribution < -0.4 is 21.9 Å². The second-order valence-electron chi connectivity index (χ2n) is 10.3. The van der Waals surface area contributed by atoms with Gasteiger partial charge in [0.05, 0.1) is 6.54 Å². The Morgan fingerprint density at radius 2 is 1.74 bits per heavy atom. The van der Waals surface area contributed by atoms with Crippen molar-refractivity contribution in [2.45, 2.75) is 72.3 Å². The van der Waals surface area contributed by atoms with Crippen LogP contribution in [0.5, 0.6) is 0 Å². The van der Waals surface area contributed by atoms with Crippen LogP contribution in [0.3, 0.4) is 0 Å². The largest absolute Gasteiger partial charge is 0.383 e. The second-order valence-corrected chi connectivity index (χ2v) is 10.3. The molecule has 1 aliphatic heterocycles. The molecule has 1 aromatic rings. The quantitative estimate of drug-likeness (QED) is 0.542. The molecule has 196 valence electrons. The number of nitrogens with two attached hydrogens (primary N) is 1. The summed E-state index contributed by atoms with van der Waals surface area (Å²) < 4.78 is 1.34. The molecule has 0 unspecified atom stereocenters. The summed E-state index contributed by atoms with van der Waals surface area (Å²) in [4.78, 5) is 59.1. The number of piperazine rings is 1. The van der Waals surface area contributed by atoms with E-state index in [4.69, 9.17) is 5.73 Å². The number of anilines is 2. The molecule has 2 heterocycles. The Morgan fingerprint density at radius 1 is 1.09 bits per heavy atom. The standard InChI is InChI=1S/C25H42N6O4/c1-4-5-11-30(21-22(26)31(16-18(2)3)25(35)27-23(21)33)20(32)17-28-12-14-29(15-13-28)24(34)19-9-7-6-8-10-19/h18-19H,4-17,26H2,1-3H3,(H,27,33,35). The third-order valence-corrected chi connectivity index (χ3v) is 7.07. The number of nitrogens with one attached hydrogen (secondary N) is 1. The number of carbonyl (C=O) groups excluding carboxylic acids is 2. The van der Waals surface area contributed by atoms with E-state index in [0.717, 1.165) is 32.1 Å². The summed E-state index contributed by atoms with van der Waals surface area (Å²) in [6.45, 7) is 9.21. The number of hydrogen-bond donors (Lipinski definition) is 2. The molecular formula is C25H42N6O4. The molecule has 0 spiro atoms. The van der Waals surface area contributed by atoms with Gasteiger partial charge in [0.1, 0.15) is 5.82 Å². The lowest BCUT2D eigenvalue weighted by atomic mass is 9.88. The number of aromatic amines is 1. The van der Waals surface area contributed by atoms with Gasteiger partial charge in [-0.15, -0.1) is 0 Å². The van der Waals surface area contributed by atoms with Crippen LogP contribution in [0.1, 0.15) is 65.7 Å². The Morgan fingerprint density at radius 3 is 2.34 bits per heavy atom. The molecule has 0 radical (unpaired) electrons. The van der Waals surface area contributed by atoms with Crippen molar-refractivity contribution in [2.24, 2.45) is 11.8 Å². The van der Waals surface area contributed by atoms with E-state index in [1.165, 1.54) is 15.9 Å². The molecule has 3 N–H and O–H groups in total. The van der Waals surface area contributed by atoms with Gasteiger partial charge in [0, 0.05) is 45.2 Å². The fourth-order valence-electron chi connectivity index (χ4n) is 5.07. The first-order valence-corrected chi connectivity index (χ1v) is 13.2. The number of nitrogen functional groups attached to an aromatic ring is 1. The maximum Gasteiger partial charge on any atom is 0.330 e. The van der Waals surface area contributed by atoms with Crippen molar-refractivity contribution in [1.29, 1.82) is 0 Å². The SMILES string of the molecule is CCCCN(C(=O)CN1CCN(C(=O)C2CCCCC2)CC1)c1c(N)n(CC(C)C)c(=O)[nH]c1=O. The van der Waals surface area contributed by atoms with Crippen molar-refractivity contribution in [3.8, 4) is 0 Å². The molecule has 0 bridgehead atoms. The minimum absolute atomic E-state index is 0.0276. The van der Waals surface area contributed by atoms with E-state index in [1.807, 2.05) is 30.6 Å². The Hall–Kier alpha value is -2.62. The summed E-state index contributed by atoms with van der Waals surface area (Å²) in [5.74, 6) is 0.350. The van der Waals surface area contributed by atoms with Gasteiger partial charge in [0.2, 0.25) is 11.8 Å². The van der Waals surface area contributed by atoms with Gasteiger partial charge in [0.25, 0.3) is 5.56 Å². The van der Waals surface area contributed by atoms with Crippen LogP contribution in [-0.4, -0.2) is 70.4 Å². The number of carbonyl (C=O) groups is 2. The highest BCUT2D eigenvalue weighted by atomic mass is 16.2. The monoisotopic (exact) mass is 490 g/mol. The average molecular weight is 491 g/mol. The summed E-state index contributed by atoms with van der Waals surface area (Å²) in [7, 11) is 0. The van der Waals surface area contributed by atoms with Crippen molar-refractivity contribution in [2.75, 3.05) is 49.9 Å². The molecule has 10 nitrogen and oxygen atoms in total. The van der Waals surface area contributed by atoms with Gasteiger partial charge in [-0.2, -0.15) is 0 Å². The minimum Gasteiger partial charge on any atom is -0.383 e. The van der Waals surface area contributed by atoms with Crippen molar-refractivity contribution in [3.05, 3.63) is 20.8 Å². The summed E-state index contributed by atoms with van der Waals surface area (Å²) in [6.07, 6.45) is 7.00. The molecule has 2 amide bonds. The first-order chi connectivity index (χ1) is 16.7. The van der Waals surface area contributed by atoms with Gasteiger partial charge in [0.15, 0.2) is 5.69 Å². The van der Waals surface area contributed by atoms with E-state index < -0.39 is 11.2 Å². The molecule has 1 saturated carbocycles. The Kier molecular flexibility index (Phi) is 9.54. The van der Waals surface area contributed by atoms with Crippen LogP contribution >= 0.6 is 0 Å². The van der Waals surface area contributed by atoms with Gasteiger partial charge in [-0.25, -0.2) is 4.79 Å². The van der Waals surface area contributed by atoms with Crippen molar-refractivity contribution < 1.29 is 9.59 Å². The Balaban J connectivity index is 1.71. The van der Waals surface area contributed by atoms with Gasteiger partial charge < -0.3 is 15.5 Å². The summed E-state index contributed by atoms with van der Waals surface area (Å²) >= 11 is 0. The molecular weight excluding hydrogens is 448 g/mol. The number of hydrogen-bond acceptors (Lipinski definition) is 6. The van der Waals surface area contributed by atoms with Gasteiger partial charge >= 0.3 is 5.69 Å². The minimum atomic E-state index is -0.639. The average Bonchev–Trinajstić information content (AvgIpc) is 2.84. The van der Waals surface area contributed by atoms with Crippen LogP contribution in [0.2, 0.25) is 0 Å².